The largest absolute Gasteiger partial charge is 0.352 e. The Balaban J connectivity index is 1.57. The number of nitrogens with zero attached hydrogens (tertiary/aromatic N) is 2. The van der Waals surface area contributed by atoms with Crippen molar-refractivity contribution in [1.29, 1.82) is 0 Å². The molecule has 234 valence electrons. The topological polar surface area (TPSA) is 86.8 Å². The van der Waals surface area contributed by atoms with Crippen LogP contribution in [-0.4, -0.2) is 43.8 Å². The molecule has 0 aliphatic heterocycles. The molecule has 0 saturated heterocycles. The molecule has 1 aliphatic carbocycles. The second kappa shape index (κ2) is 14.5. The summed E-state index contributed by atoms with van der Waals surface area (Å²) >= 11 is 0. The Morgan fingerprint density at radius 2 is 1.47 bits per heavy atom. The van der Waals surface area contributed by atoms with E-state index < -0.39 is 34.3 Å². The SMILES string of the molecule is Cc1cccc(CN(C(=O)CN(c2ccccc2F)S(=O)(=O)c2ccccc2)[C@H](Cc2ccccc2)C(=O)NC2CCCC2)c1. The summed E-state index contributed by atoms with van der Waals surface area (Å²) in [6.45, 7) is 1.30. The summed E-state index contributed by atoms with van der Waals surface area (Å²) in [6, 6.07) is 29.2. The van der Waals surface area contributed by atoms with Gasteiger partial charge in [0.1, 0.15) is 18.4 Å². The van der Waals surface area contributed by atoms with Crippen molar-refractivity contribution in [2.75, 3.05) is 10.8 Å². The number of carbonyl (C=O) groups is 2. The summed E-state index contributed by atoms with van der Waals surface area (Å²) < 4.78 is 44.0. The number of rotatable bonds is 12. The summed E-state index contributed by atoms with van der Waals surface area (Å²) in [5.41, 5.74) is 2.38. The second-order valence-electron chi connectivity index (χ2n) is 11.5. The Kier molecular flexibility index (Phi) is 10.3. The highest BCUT2D eigenvalue weighted by atomic mass is 32.2. The molecule has 1 fully saturated rings. The second-order valence-corrected chi connectivity index (χ2v) is 13.3. The molecule has 1 saturated carbocycles. The van der Waals surface area contributed by atoms with E-state index in [1.54, 1.807) is 18.2 Å². The fourth-order valence-corrected chi connectivity index (χ4v) is 7.26. The van der Waals surface area contributed by atoms with Crippen LogP contribution < -0.4 is 9.62 Å². The van der Waals surface area contributed by atoms with Crippen LogP contribution in [0, 0.1) is 12.7 Å². The van der Waals surface area contributed by atoms with Gasteiger partial charge in [-0.05, 0) is 55.2 Å². The van der Waals surface area contributed by atoms with Gasteiger partial charge in [0.25, 0.3) is 10.0 Å². The molecule has 9 heteroatoms. The van der Waals surface area contributed by atoms with Crippen LogP contribution >= 0.6 is 0 Å². The Morgan fingerprint density at radius 3 is 2.13 bits per heavy atom. The van der Waals surface area contributed by atoms with Gasteiger partial charge in [-0.25, -0.2) is 12.8 Å². The maximum absolute atomic E-state index is 15.2. The average molecular weight is 628 g/mol. The van der Waals surface area contributed by atoms with Crippen LogP contribution in [0.3, 0.4) is 0 Å². The Morgan fingerprint density at radius 1 is 0.844 bits per heavy atom. The smallest absolute Gasteiger partial charge is 0.264 e. The van der Waals surface area contributed by atoms with Crippen molar-refractivity contribution in [1.82, 2.24) is 10.2 Å². The molecule has 45 heavy (non-hydrogen) atoms. The minimum atomic E-state index is -4.36. The number of hydrogen-bond donors (Lipinski definition) is 1. The molecule has 0 spiro atoms. The lowest BCUT2D eigenvalue weighted by molar-refractivity contribution is -0.140. The zero-order valence-corrected chi connectivity index (χ0v) is 26.1. The van der Waals surface area contributed by atoms with Crippen molar-refractivity contribution in [3.63, 3.8) is 0 Å². The third-order valence-electron chi connectivity index (χ3n) is 8.14. The van der Waals surface area contributed by atoms with E-state index in [9.17, 15) is 18.0 Å². The number of carbonyl (C=O) groups excluding carboxylic acids is 2. The fraction of sp³-hybridized carbons (Fsp3) is 0.278. The minimum absolute atomic E-state index is 0.0140. The first-order chi connectivity index (χ1) is 21.7. The molecular formula is C36H38FN3O4S. The third-order valence-corrected chi connectivity index (χ3v) is 9.91. The van der Waals surface area contributed by atoms with Gasteiger partial charge in [-0.3, -0.25) is 13.9 Å². The van der Waals surface area contributed by atoms with Crippen molar-refractivity contribution in [3.05, 3.63) is 132 Å². The van der Waals surface area contributed by atoms with Gasteiger partial charge in [-0.1, -0.05) is 103 Å². The maximum atomic E-state index is 15.2. The lowest BCUT2D eigenvalue weighted by Crippen LogP contribution is -2.54. The van der Waals surface area contributed by atoms with Gasteiger partial charge in [0.05, 0.1) is 10.6 Å². The predicted octanol–water partition coefficient (Wildman–Crippen LogP) is 6.03. The van der Waals surface area contributed by atoms with E-state index in [1.165, 1.54) is 35.2 Å². The molecule has 0 radical (unpaired) electrons. The van der Waals surface area contributed by atoms with Crippen molar-refractivity contribution in [3.8, 4) is 0 Å². The van der Waals surface area contributed by atoms with E-state index in [2.05, 4.69) is 5.32 Å². The number of anilines is 1. The highest BCUT2D eigenvalue weighted by molar-refractivity contribution is 7.92. The van der Waals surface area contributed by atoms with Crippen LogP contribution in [0.1, 0.15) is 42.4 Å². The first kappa shape index (κ1) is 31.9. The fourth-order valence-electron chi connectivity index (χ4n) is 5.82. The van der Waals surface area contributed by atoms with Crippen LogP contribution in [-0.2, 0) is 32.6 Å². The molecule has 0 unspecified atom stereocenters. The molecule has 7 nitrogen and oxygen atoms in total. The standard InChI is InChI=1S/C36H38FN3O4S/c1-27-13-12-16-29(23-27)25-39(34(24-28-14-4-2-5-15-28)36(42)38-30-17-8-9-18-30)35(41)26-40(33-22-11-10-21-32(33)37)45(43,44)31-19-6-3-7-20-31/h2-7,10-16,19-23,30,34H,8-9,17-18,24-26H2,1H3,(H,38,42)/t34-/m1/s1. The Labute approximate surface area is 264 Å². The highest BCUT2D eigenvalue weighted by Gasteiger charge is 2.36. The number of aryl methyl sites for hydroxylation is 1. The molecule has 0 bridgehead atoms. The van der Waals surface area contributed by atoms with Crippen LogP contribution in [0.2, 0.25) is 0 Å². The molecular weight excluding hydrogens is 589 g/mol. The van der Waals surface area contributed by atoms with E-state index in [4.69, 9.17) is 0 Å². The van der Waals surface area contributed by atoms with E-state index in [-0.39, 0.29) is 35.5 Å². The van der Waals surface area contributed by atoms with Crippen LogP contribution in [0.4, 0.5) is 10.1 Å². The molecule has 0 aromatic heterocycles. The molecule has 2 amide bonds. The van der Waals surface area contributed by atoms with Gasteiger partial charge < -0.3 is 10.2 Å². The number of halogens is 1. The Bertz CT molecular complexity index is 1710. The number of sulfonamides is 1. The summed E-state index contributed by atoms with van der Waals surface area (Å²) in [6.07, 6.45) is 4.00. The number of amides is 2. The predicted molar refractivity (Wildman–Crippen MR) is 173 cm³/mol. The van der Waals surface area contributed by atoms with Gasteiger partial charge in [0.15, 0.2) is 0 Å². The van der Waals surface area contributed by atoms with Crippen LogP contribution in [0.25, 0.3) is 0 Å². The monoisotopic (exact) mass is 627 g/mol. The molecule has 1 aliphatic rings. The van der Waals surface area contributed by atoms with E-state index >= 15 is 4.39 Å². The third kappa shape index (κ3) is 7.97. The lowest BCUT2D eigenvalue weighted by atomic mass is 10.0. The molecule has 0 heterocycles. The van der Waals surface area contributed by atoms with Gasteiger partial charge in [-0.2, -0.15) is 0 Å². The molecule has 1 atom stereocenters. The van der Waals surface area contributed by atoms with Gasteiger partial charge in [0, 0.05) is 19.0 Å². The summed E-state index contributed by atoms with van der Waals surface area (Å²) in [5, 5.41) is 3.16. The first-order valence-electron chi connectivity index (χ1n) is 15.2. The van der Waals surface area contributed by atoms with E-state index in [1.807, 2.05) is 61.5 Å². The Hall–Kier alpha value is -4.50. The van der Waals surface area contributed by atoms with Gasteiger partial charge in [0.2, 0.25) is 11.8 Å². The molecule has 1 N–H and O–H groups in total. The van der Waals surface area contributed by atoms with E-state index in [0.717, 1.165) is 52.7 Å². The maximum Gasteiger partial charge on any atom is 0.264 e. The van der Waals surface area contributed by atoms with E-state index in [0.29, 0.717) is 0 Å². The first-order valence-corrected chi connectivity index (χ1v) is 16.7. The van der Waals surface area contributed by atoms with Crippen molar-refractivity contribution < 1.29 is 22.4 Å². The van der Waals surface area contributed by atoms with Crippen LogP contribution in [0.15, 0.2) is 114 Å². The van der Waals surface area contributed by atoms with Gasteiger partial charge in [-0.15, -0.1) is 0 Å². The summed E-state index contributed by atoms with van der Waals surface area (Å²) in [4.78, 5) is 29.9. The zero-order valence-electron chi connectivity index (χ0n) is 25.3. The molecule has 4 aromatic rings. The van der Waals surface area contributed by atoms with Gasteiger partial charge >= 0.3 is 0 Å². The molecule has 4 aromatic carbocycles. The van der Waals surface area contributed by atoms with Crippen molar-refractivity contribution in [2.45, 2.75) is 62.6 Å². The normalized spacial score (nSPS) is 14.1. The number of para-hydroxylation sites is 1. The lowest BCUT2D eigenvalue weighted by Gasteiger charge is -2.34. The summed E-state index contributed by atoms with van der Waals surface area (Å²) in [7, 11) is -4.36. The average Bonchev–Trinajstić information content (AvgIpc) is 3.56. The number of hydrogen-bond acceptors (Lipinski definition) is 4. The van der Waals surface area contributed by atoms with Crippen molar-refractivity contribution in [2.24, 2.45) is 0 Å². The highest BCUT2D eigenvalue weighted by Crippen LogP contribution is 2.27. The zero-order chi connectivity index (χ0) is 31.8. The quantitative estimate of drug-likeness (QED) is 0.208. The van der Waals surface area contributed by atoms with Crippen LogP contribution in [0.5, 0.6) is 0 Å². The van der Waals surface area contributed by atoms with Crippen molar-refractivity contribution >= 4 is 27.5 Å². The summed E-state index contributed by atoms with van der Waals surface area (Å²) in [5.74, 6) is -1.70. The minimum Gasteiger partial charge on any atom is -0.352 e. The number of benzene rings is 4. The number of nitrogens with one attached hydrogen (secondary N) is 1. The molecule has 5 rings (SSSR count).